The summed E-state index contributed by atoms with van der Waals surface area (Å²) in [6, 6.07) is 20.7. The Morgan fingerprint density at radius 1 is 0.909 bits per heavy atom. The standard InChI is InChI=1S/C17H12N4O/c18-12-17-19-11-10-16(21-17)20-13-6-8-15(9-7-13)22-14-4-2-1-3-5-14/h1-11H,(H,19,20,21). The van der Waals surface area contributed by atoms with E-state index in [4.69, 9.17) is 10.00 Å². The first kappa shape index (κ1) is 13.6. The molecule has 0 radical (unpaired) electrons. The second kappa shape index (κ2) is 6.37. The van der Waals surface area contributed by atoms with Gasteiger partial charge in [-0.25, -0.2) is 9.97 Å². The van der Waals surface area contributed by atoms with E-state index in [1.54, 1.807) is 12.3 Å². The van der Waals surface area contributed by atoms with E-state index in [2.05, 4.69) is 15.3 Å². The molecule has 0 aliphatic carbocycles. The van der Waals surface area contributed by atoms with E-state index in [1.165, 1.54) is 0 Å². The molecule has 5 nitrogen and oxygen atoms in total. The molecule has 5 heteroatoms. The van der Waals surface area contributed by atoms with Gasteiger partial charge in [-0.3, -0.25) is 0 Å². The molecule has 106 valence electrons. The molecule has 0 atom stereocenters. The van der Waals surface area contributed by atoms with Gasteiger partial charge < -0.3 is 10.1 Å². The number of nitriles is 1. The van der Waals surface area contributed by atoms with Crippen LogP contribution in [-0.4, -0.2) is 9.97 Å². The molecule has 1 N–H and O–H groups in total. The minimum absolute atomic E-state index is 0.133. The van der Waals surface area contributed by atoms with Gasteiger partial charge in [-0.15, -0.1) is 0 Å². The number of hydrogen-bond donors (Lipinski definition) is 1. The van der Waals surface area contributed by atoms with Crippen molar-refractivity contribution in [1.82, 2.24) is 9.97 Å². The molecule has 0 saturated carbocycles. The van der Waals surface area contributed by atoms with Crippen LogP contribution in [0, 0.1) is 11.3 Å². The molecule has 0 saturated heterocycles. The van der Waals surface area contributed by atoms with Gasteiger partial charge in [0, 0.05) is 11.9 Å². The number of nitrogens with one attached hydrogen (secondary N) is 1. The smallest absolute Gasteiger partial charge is 0.234 e. The van der Waals surface area contributed by atoms with Crippen LogP contribution in [0.15, 0.2) is 66.9 Å². The maximum Gasteiger partial charge on any atom is 0.234 e. The van der Waals surface area contributed by atoms with E-state index < -0.39 is 0 Å². The zero-order chi connectivity index (χ0) is 15.2. The maximum atomic E-state index is 8.79. The molecule has 3 rings (SSSR count). The summed E-state index contributed by atoms with van der Waals surface area (Å²) in [5, 5.41) is 11.9. The second-order valence-electron chi connectivity index (χ2n) is 4.44. The maximum absolute atomic E-state index is 8.79. The third-order valence-corrected chi connectivity index (χ3v) is 2.86. The molecule has 0 bridgehead atoms. The average molecular weight is 288 g/mol. The van der Waals surface area contributed by atoms with Crippen LogP contribution in [0.1, 0.15) is 5.82 Å². The van der Waals surface area contributed by atoms with Crippen molar-refractivity contribution < 1.29 is 4.74 Å². The highest BCUT2D eigenvalue weighted by Gasteiger charge is 2.00. The van der Waals surface area contributed by atoms with E-state index in [1.807, 2.05) is 60.7 Å². The zero-order valence-electron chi connectivity index (χ0n) is 11.6. The lowest BCUT2D eigenvalue weighted by atomic mass is 10.3. The monoisotopic (exact) mass is 288 g/mol. The molecular weight excluding hydrogens is 276 g/mol. The predicted octanol–water partition coefficient (Wildman–Crippen LogP) is 3.88. The third kappa shape index (κ3) is 3.38. The van der Waals surface area contributed by atoms with Gasteiger partial charge in [0.05, 0.1) is 0 Å². The Kier molecular flexibility index (Phi) is 3.94. The summed E-state index contributed by atoms with van der Waals surface area (Å²) < 4.78 is 5.72. The molecule has 0 aliphatic heterocycles. The quantitative estimate of drug-likeness (QED) is 0.788. The zero-order valence-corrected chi connectivity index (χ0v) is 11.6. The molecule has 1 aromatic heterocycles. The minimum atomic E-state index is 0.133. The Morgan fingerprint density at radius 3 is 2.36 bits per heavy atom. The molecule has 22 heavy (non-hydrogen) atoms. The summed E-state index contributed by atoms with van der Waals surface area (Å²) in [6.07, 6.45) is 1.54. The predicted molar refractivity (Wildman–Crippen MR) is 83.0 cm³/mol. The number of nitrogens with zero attached hydrogens (tertiary/aromatic N) is 3. The minimum Gasteiger partial charge on any atom is -0.457 e. The summed E-state index contributed by atoms with van der Waals surface area (Å²) in [6.45, 7) is 0. The number of benzene rings is 2. The van der Waals surface area contributed by atoms with Crippen molar-refractivity contribution >= 4 is 11.5 Å². The summed E-state index contributed by atoms with van der Waals surface area (Å²) in [5.41, 5.74) is 0.850. The van der Waals surface area contributed by atoms with Crippen LogP contribution >= 0.6 is 0 Å². The molecule has 3 aromatic rings. The molecular formula is C17H12N4O. The van der Waals surface area contributed by atoms with Crippen molar-refractivity contribution in [2.45, 2.75) is 0 Å². The van der Waals surface area contributed by atoms with Crippen LogP contribution in [0.4, 0.5) is 11.5 Å². The van der Waals surface area contributed by atoms with E-state index in [-0.39, 0.29) is 5.82 Å². The van der Waals surface area contributed by atoms with Crippen molar-refractivity contribution in [1.29, 1.82) is 5.26 Å². The molecule has 2 aromatic carbocycles. The first-order valence-electron chi connectivity index (χ1n) is 6.66. The lowest BCUT2D eigenvalue weighted by Gasteiger charge is -2.08. The van der Waals surface area contributed by atoms with Crippen molar-refractivity contribution in [2.75, 3.05) is 5.32 Å². The Bertz CT molecular complexity index is 795. The van der Waals surface area contributed by atoms with E-state index in [0.717, 1.165) is 17.2 Å². The van der Waals surface area contributed by atoms with Gasteiger partial charge in [0.15, 0.2) is 0 Å². The molecule has 0 spiro atoms. The molecule has 0 unspecified atom stereocenters. The molecule has 0 amide bonds. The van der Waals surface area contributed by atoms with Crippen molar-refractivity contribution in [2.24, 2.45) is 0 Å². The Morgan fingerprint density at radius 2 is 1.64 bits per heavy atom. The number of hydrogen-bond acceptors (Lipinski definition) is 5. The first-order chi connectivity index (χ1) is 10.8. The Balaban J connectivity index is 1.70. The highest BCUT2D eigenvalue weighted by Crippen LogP contribution is 2.23. The van der Waals surface area contributed by atoms with E-state index >= 15 is 0 Å². The third-order valence-electron chi connectivity index (χ3n) is 2.86. The van der Waals surface area contributed by atoms with Gasteiger partial charge in [0.1, 0.15) is 23.4 Å². The largest absolute Gasteiger partial charge is 0.457 e. The summed E-state index contributed by atoms with van der Waals surface area (Å²) in [5.74, 6) is 2.24. The number of para-hydroxylation sites is 1. The van der Waals surface area contributed by atoms with Crippen molar-refractivity contribution in [3.05, 3.63) is 72.7 Å². The Labute approximate surface area is 127 Å². The normalized spacial score (nSPS) is 9.77. The Hall–Kier alpha value is -3.39. The molecule has 0 aliphatic rings. The lowest BCUT2D eigenvalue weighted by molar-refractivity contribution is 0.483. The van der Waals surface area contributed by atoms with Crippen LogP contribution in [0.5, 0.6) is 11.5 Å². The number of ether oxygens (including phenoxy) is 1. The molecule has 1 heterocycles. The summed E-state index contributed by atoms with van der Waals surface area (Å²) in [4.78, 5) is 7.89. The van der Waals surface area contributed by atoms with Gasteiger partial charge in [0.25, 0.3) is 0 Å². The topological polar surface area (TPSA) is 70.8 Å². The first-order valence-corrected chi connectivity index (χ1v) is 6.66. The van der Waals surface area contributed by atoms with Crippen LogP contribution in [0.2, 0.25) is 0 Å². The van der Waals surface area contributed by atoms with E-state index in [9.17, 15) is 0 Å². The van der Waals surface area contributed by atoms with E-state index in [0.29, 0.717) is 5.82 Å². The fraction of sp³-hybridized carbons (Fsp3) is 0. The van der Waals surface area contributed by atoms with Crippen LogP contribution in [0.3, 0.4) is 0 Å². The SMILES string of the molecule is N#Cc1nccc(Nc2ccc(Oc3ccccc3)cc2)n1. The van der Waals surface area contributed by atoms with Gasteiger partial charge in [-0.2, -0.15) is 5.26 Å². The highest BCUT2D eigenvalue weighted by atomic mass is 16.5. The summed E-state index contributed by atoms with van der Waals surface area (Å²) >= 11 is 0. The van der Waals surface area contributed by atoms with Crippen LogP contribution in [0.25, 0.3) is 0 Å². The fourth-order valence-corrected chi connectivity index (χ4v) is 1.86. The lowest BCUT2D eigenvalue weighted by Crippen LogP contribution is -1.96. The van der Waals surface area contributed by atoms with Crippen molar-refractivity contribution in [3.63, 3.8) is 0 Å². The van der Waals surface area contributed by atoms with Crippen molar-refractivity contribution in [3.8, 4) is 17.6 Å². The van der Waals surface area contributed by atoms with Gasteiger partial charge in [-0.1, -0.05) is 18.2 Å². The highest BCUT2D eigenvalue weighted by molar-refractivity contribution is 5.57. The second-order valence-corrected chi connectivity index (χ2v) is 4.44. The van der Waals surface area contributed by atoms with Crippen LogP contribution < -0.4 is 10.1 Å². The van der Waals surface area contributed by atoms with Gasteiger partial charge >= 0.3 is 0 Å². The van der Waals surface area contributed by atoms with Crippen LogP contribution in [-0.2, 0) is 0 Å². The number of anilines is 2. The average Bonchev–Trinajstić information content (AvgIpc) is 2.58. The summed E-state index contributed by atoms with van der Waals surface area (Å²) in [7, 11) is 0. The number of rotatable bonds is 4. The van der Waals surface area contributed by atoms with Gasteiger partial charge in [0.2, 0.25) is 5.82 Å². The van der Waals surface area contributed by atoms with Gasteiger partial charge in [-0.05, 0) is 42.5 Å². The molecule has 0 fully saturated rings. The number of aromatic nitrogens is 2. The fourth-order valence-electron chi connectivity index (χ4n) is 1.86.